The van der Waals surface area contributed by atoms with Crippen molar-refractivity contribution in [1.82, 2.24) is 9.80 Å². The summed E-state index contributed by atoms with van der Waals surface area (Å²) in [6, 6.07) is 11.4. The molecule has 24 heavy (non-hydrogen) atoms. The first kappa shape index (κ1) is 16.5. The molecule has 1 amide bonds. The molecule has 0 bridgehead atoms. The predicted octanol–water partition coefficient (Wildman–Crippen LogP) is 2.12. The molecule has 1 aromatic carbocycles. The summed E-state index contributed by atoms with van der Waals surface area (Å²) in [5, 5.41) is 9.77. The standard InChI is InChI=1S/C18H21N3O3/c19-6-3-7-21(9-8-20-10-12-23-13-11-20)18(22)17-14-15-4-1-2-5-16(15)24-17/h1-2,4-5,14H,3,7-13H2. The number of carbonyl (C=O) groups excluding carboxylic acids is 1. The van der Waals surface area contributed by atoms with Gasteiger partial charge in [-0.1, -0.05) is 18.2 Å². The Kier molecular flexibility index (Phi) is 5.47. The molecular weight excluding hydrogens is 306 g/mol. The smallest absolute Gasteiger partial charge is 0.289 e. The van der Waals surface area contributed by atoms with Crippen molar-refractivity contribution in [3.8, 4) is 6.07 Å². The molecule has 0 radical (unpaired) electrons. The summed E-state index contributed by atoms with van der Waals surface area (Å²) in [6.07, 6.45) is 0.315. The van der Waals surface area contributed by atoms with E-state index >= 15 is 0 Å². The minimum Gasteiger partial charge on any atom is -0.451 e. The normalized spacial score (nSPS) is 15.3. The Labute approximate surface area is 141 Å². The fourth-order valence-electron chi connectivity index (χ4n) is 2.83. The van der Waals surface area contributed by atoms with Gasteiger partial charge < -0.3 is 14.1 Å². The number of para-hydroxylation sites is 1. The van der Waals surface area contributed by atoms with E-state index in [1.165, 1.54) is 0 Å². The Morgan fingerprint density at radius 2 is 2.04 bits per heavy atom. The van der Waals surface area contributed by atoms with Gasteiger partial charge in [-0.15, -0.1) is 0 Å². The molecule has 2 aromatic rings. The lowest BCUT2D eigenvalue weighted by atomic mass is 10.2. The molecule has 1 aromatic heterocycles. The van der Waals surface area contributed by atoms with Gasteiger partial charge in [0.15, 0.2) is 5.76 Å². The molecule has 126 valence electrons. The first-order valence-electron chi connectivity index (χ1n) is 8.23. The molecule has 1 fully saturated rings. The number of benzene rings is 1. The molecule has 1 aliphatic heterocycles. The monoisotopic (exact) mass is 327 g/mol. The first-order chi connectivity index (χ1) is 11.8. The van der Waals surface area contributed by atoms with Crippen molar-refractivity contribution in [2.75, 3.05) is 45.9 Å². The average Bonchev–Trinajstić information content (AvgIpc) is 3.06. The van der Waals surface area contributed by atoms with Crippen LogP contribution < -0.4 is 0 Å². The Morgan fingerprint density at radius 3 is 2.79 bits per heavy atom. The van der Waals surface area contributed by atoms with Crippen LogP contribution in [0.25, 0.3) is 11.0 Å². The van der Waals surface area contributed by atoms with Crippen LogP contribution in [-0.4, -0.2) is 61.6 Å². The summed E-state index contributed by atoms with van der Waals surface area (Å²) >= 11 is 0. The number of hydrogen-bond donors (Lipinski definition) is 0. The minimum absolute atomic E-state index is 0.158. The van der Waals surface area contributed by atoms with Crippen molar-refractivity contribution in [2.24, 2.45) is 0 Å². The third kappa shape index (κ3) is 3.94. The topological polar surface area (TPSA) is 69.7 Å². The molecule has 1 saturated heterocycles. The summed E-state index contributed by atoms with van der Waals surface area (Å²) in [7, 11) is 0. The number of carbonyl (C=O) groups is 1. The summed E-state index contributed by atoms with van der Waals surface area (Å²) in [5.41, 5.74) is 0.703. The molecule has 0 atom stereocenters. The number of hydrogen-bond acceptors (Lipinski definition) is 5. The lowest BCUT2D eigenvalue weighted by Gasteiger charge is -2.29. The third-order valence-corrected chi connectivity index (χ3v) is 4.21. The van der Waals surface area contributed by atoms with Gasteiger partial charge in [0.25, 0.3) is 5.91 Å². The molecule has 1 aliphatic rings. The van der Waals surface area contributed by atoms with E-state index in [-0.39, 0.29) is 5.91 Å². The SMILES string of the molecule is N#CCCN(CCN1CCOCC1)C(=O)c1cc2ccccc2o1. The molecule has 0 saturated carbocycles. The van der Waals surface area contributed by atoms with E-state index in [9.17, 15) is 4.79 Å². The van der Waals surface area contributed by atoms with Crippen LogP contribution in [0.15, 0.2) is 34.7 Å². The van der Waals surface area contributed by atoms with Crippen LogP contribution in [0.2, 0.25) is 0 Å². The highest BCUT2D eigenvalue weighted by Crippen LogP contribution is 2.20. The fourth-order valence-corrected chi connectivity index (χ4v) is 2.83. The predicted molar refractivity (Wildman–Crippen MR) is 89.6 cm³/mol. The second kappa shape index (κ2) is 7.95. The van der Waals surface area contributed by atoms with Gasteiger partial charge in [0, 0.05) is 38.1 Å². The molecule has 3 rings (SSSR count). The van der Waals surface area contributed by atoms with E-state index in [2.05, 4.69) is 11.0 Å². The maximum absolute atomic E-state index is 12.8. The molecule has 6 nitrogen and oxygen atoms in total. The number of ether oxygens (including phenoxy) is 1. The molecular formula is C18H21N3O3. The Hall–Kier alpha value is -2.36. The Bertz CT molecular complexity index is 695. The fraction of sp³-hybridized carbons (Fsp3) is 0.444. The molecule has 0 unspecified atom stereocenters. The van der Waals surface area contributed by atoms with Crippen molar-refractivity contribution >= 4 is 16.9 Å². The van der Waals surface area contributed by atoms with Crippen LogP contribution in [0, 0.1) is 11.3 Å². The maximum Gasteiger partial charge on any atom is 0.289 e. The van der Waals surface area contributed by atoms with Crippen LogP contribution in [0.4, 0.5) is 0 Å². The number of nitriles is 1. The van der Waals surface area contributed by atoms with Crippen LogP contribution in [0.3, 0.4) is 0 Å². The molecule has 0 N–H and O–H groups in total. The van der Waals surface area contributed by atoms with Crippen molar-refractivity contribution < 1.29 is 13.9 Å². The zero-order valence-corrected chi connectivity index (χ0v) is 13.6. The second-order valence-electron chi connectivity index (χ2n) is 5.80. The lowest BCUT2D eigenvalue weighted by Crippen LogP contribution is -2.43. The van der Waals surface area contributed by atoms with Gasteiger partial charge in [-0.3, -0.25) is 9.69 Å². The van der Waals surface area contributed by atoms with Crippen molar-refractivity contribution in [1.29, 1.82) is 5.26 Å². The van der Waals surface area contributed by atoms with Gasteiger partial charge in [-0.2, -0.15) is 5.26 Å². The minimum atomic E-state index is -0.158. The van der Waals surface area contributed by atoms with Crippen LogP contribution in [-0.2, 0) is 4.74 Å². The average molecular weight is 327 g/mol. The van der Waals surface area contributed by atoms with E-state index in [1.54, 1.807) is 11.0 Å². The molecule has 6 heteroatoms. The van der Waals surface area contributed by atoms with Crippen LogP contribution >= 0.6 is 0 Å². The summed E-state index contributed by atoms with van der Waals surface area (Å²) in [6.45, 7) is 5.00. The van der Waals surface area contributed by atoms with Crippen LogP contribution in [0.5, 0.6) is 0 Å². The van der Waals surface area contributed by atoms with E-state index < -0.39 is 0 Å². The highest BCUT2D eigenvalue weighted by Gasteiger charge is 2.21. The Morgan fingerprint density at radius 1 is 1.25 bits per heavy atom. The number of morpholine rings is 1. The maximum atomic E-state index is 12.8. The van der Waals surface area contributed by atoms with Gasteiger partial charge in [-0.25, -0.2) is 0 Å². The second-order valence-corrected chi connectivity index (χ2v) is 5.80. The zero-order valence-electron chi connectivity index (χ0n) is 13.6. The third-order valence-electron chi connectivity index (χ3n) is 4.21. The van der Waals surface area contributed by atoms with Gasteiger partial charge in [-0.05, 0) is 12.1 Å². The highest BCUT2D eigenvalue weighted by molar-refractivity contribution is 5.96. The molecule has 0 aliphatic carbocycles. The number of nitrogens with zero attached hydrogens (tertiary/aromatic N) is 3. The van der Waals surface area contributed by atoms with Crippen molar-refractivity contribution in [2.45, 2.75) is 6.42 Å². The largest absolute Gasteiger partial charge is 0.451 e. The van der Waals surface area contributed by atoms with E-state index in [4.69, 9.17) is 14.4 Å². The van der Waals surface area contributed by atoms with E-state index in [0.29, 0.717) is 30.9 Å². The first-order valence-corrected chi connectivity index (χ1v) is 8.23. The van der Waals surface area contributed by atoms with E-state index in [0.717, 1.165) is 38.2 Å². The highest BCUT2D eigenvalue weighted by atomic mass is 16.5. The van der Waals surface area contributed by atoms with Crippen LogP contribution in [0.1, 0.15) is 17.0 Å². The van der Waals surface area contributed by atoms with Crippen molar-refractivity contribution in [3.05, 3.63) is 36.1 Å². The Balaban J connectivity index is 1.69. The number of furan rings is 1. The number of rotatable bonds is 6. The van der Waals surface area contributed by atoms with Gasteiger partial charge in [0.1, 0.15) is 5.58 Å². The summed E-state index contributed by atoms with van der Waals surface area (Å²) in [5.74, 6) is 0.172. The van der Waals surface area contributed by atoms with E-state index in [1.807, 2.05) is 24.3 Å². The van der Waals surface area contributed by atoms with Gasteiger partial charge in [0.2, 0.25) is 0 Å². The summed E-state index contributed by atoms with van der Waals surface area (Å²) < 4.78 is 11.0. The van der Waals surface area contributed by atoms with Gasteiger partial charge >= 0.3 is 0 Å². The number of amides is 1. The van der Waals surface area contributed by atoms with Crippen molar-refractivity contribution in [3.63, 3.8) is 0 Å². The molecule has 0 spiro atoms. The zero-order chi connectivity index (χ0) is 16.8. The quantitative estimate of drug-likeness (QED) is 0.813. The molecule has 2 heterocycles. The lowest BCUT2D eigenvalue weighted by molar-refractivity contribution is 0.0322. The summed E-state index contributed by atoms with van der Waals surface area (Å²) in [4.78, 5) is 16.7. The number of fused-ring (bicyclic) bond motifs is 1. The van der Waals surface area contributed by atoms with Gasteiger partial charge in [0.05, 0.1) is 25.7 Å².